The van der Waals surface area contributed by atoms with Crippen molar-refractivity contribution in [1.29, 1.82) is 0 Å². The molecular weight excluding hydrogens is 246 g/mol. The third-order valence-electron chi connectivity index (χ3n) is 3.53. The average Bonchev–Trinajstić information content (AvgIpc) is 2.87. The maximum Gasteiger partial charge on any atom is 0.141 e. The van der Waals surface area contributed by atoms with E-state index < -0.39 is 0 Å². The van der Waals surface area contributed by atoms with Crippen LogP contribution in [0.15, 0.2) is 48.5 Å². The third-order valence-corrected chi connectivity index (χ3v) is 3.53. The second kappa shape index (κ2) is 5.10. The summed E-state index contributed by atoms with van der Waals surface area (Å²) in [6, 6.07) is 16.9. The van der Waals surface area contributed by atoms with Crippen LogP contribution < -0.4 is 5.73 Å². The Bertz CT molecular complexity index is 741. The molecule has 0 aliphatic carbocycles. The van der Waals surface area contributed by atoms with Crippen molar-refractivity contribution >= 4 is 11.0 Å². The van der Waals surface area contributed by atoms with Gasteiger partial charge in [-0.3, -0.25) is 0 Å². The molecule has 0 saturated heterocycles. The van der Waals surface area contributed by atoms with Gasteiger partial charge in [-0.25, -0.2) is 4.98 Å². The number of hydrogen-bond acceptors (Lipinski definition) is 2. The van der Waals surface area contributed by atoms with E-state index in [1.807, 2.05) is 18.2 Å². The normalized spacial score (nSPS) is 11.4. The molecule has 1 aromatic heterocycles. The summed E-state index contributed by atoms with van der Waals surface area (Å²) < 4.78 is 2.28. The summed E-state index contributed by atoms with van der Waals surface area (Å²) in [7, 11) is 0. The third kappa shape index (κ3) is 2.10. The van der Waals surface area contributed by atoms with E-state index in [-0.39, 0.29) is 0 Å². The Kier molecular flexibility index (Phi) is 3.28. The SMILES string of the molecule is CC(C)n1c(-c2cccc(CN)c2)nc2ccccc21. The van der Waals surface area contributed by atoms with Gasteiger partial charge in [0.2, 0.25) is 0 Å². The number of aromatic nitrogens is 2. The fourth-order valence-corrected chi connectivity index (χ4v) is 2.61. The van der Waals surface area contributed by atoms with Crippen LogP contribution >= 0.6 is 0 Å². The molecule has 3 nitrogen and oxygen atoms in total. The zero-order chi connectivity index (χ0) is 14.1. The predicted molar refractivity (Wildman–Crippen MR) is 83.4 cm³/mol. The molecule has 3 aromatic rings. The number of imidazole rings is 1. The molecule has 0 aliphatic heterocycles. The van der Waals surface area contributed by atoms with Gasteiger partial charge in [-0.2, -0.15) is 0 Å². The summed E-state index contributed by atoms with van der Waals surface area (Å²) in [5, 5.41) is 0. The summed E-state index contributed by atoms with van der Waals surface area (Å²) in [4.78, 5) is 4.80. The highest BCUT2D eigenvalue weighted by atomic mass is 15.1. The number of fused-ring (bicyclic) bond motifs is 1. The van der Waals surface area contributed by atoms with Gasteiger partial charge in [-0.1, -0.05) is 30.3 Å². The van der Waals surface area contributed by atoms with E-state index in [1.54, 1.807) is 0 Å². The van der Waals surface area contributed by atoms with Crippen molar-refractivity contribution < 1.29 is 0 Å². The fraction of sp³-hybridized carbons (Fsp3) is 0.235. The molecule has 0 bridgehead atoms. The Balaban J connectivity index is 2.26. The van der Waals surface area contributed by atoms with Crippen LogP contribution in [-0.2, 0) is 6.54 Å². The number of nitrogens with two attached hydrogens (primary N) is 1. The van der Waals surface area contributed by atoms with Crippen molar-refractivity contribution in [3.8, 4) is 11.4 Å². The first-order chi connectivity index (χ1) is 9.70. The molecule has 2 aromatic carbocycles. The highest BCUT2D eigenvalue weighted by Crippen LogP contribution is 2.28. The summed E-state index contributed by atoms with van der Waals surface area (Å²) in [5.74, 6) is 1.01. The van der Waals surface area contributed by atoms with E-state index in [2.05, 4.69) is 48.7 Å². The van der Waals surface area contributed by atoms with Gasteiger partial charge < -0.3 is 10.3 Å². The van der Waals surface area contributed by atoms with Crippen LogP contribution in [0, 0.1) is 0 Å². The van der Waals surface area contributed by atoms with Crippen LogP contribution in [0.5, 0.6) is 0 Å². The monoisotopic (exact) mass is 265 g/mol. The Morgan fingerprint density at radius 1 is 1.10 bits per heavy atom. The fourth-order valence-electron chi connectivity index (χ4n) is 2.61. The van der Waals surface area contributed by atoms with E-state index in [0.29, 0.717) is 12.6 Å². The van der Waals surface area contributed by atoms with Crippen LogP contribution in [0.25, 0.3) is 22.4 Å². The van der Waals surface area contributed by atoms with Crippen LogP contribution in [-0.4, -0.2) is 9.55 Å². The lowest BCUT2D eigenvalue weighted by atomic mass is 10.1. The smallest absolute Gasteiger partial charge is 0.141 e. The van der Waals surface area contributed by atoms with Gasteiger partial charge in [-0.05, 0) is 37.6 Å². The molecule has 0 aliphatic rings. The summed E-state index contributed by atoms with van der Waals surface area (Å²) >= 11 is 0. The molecule has 1 heterocycles. The van der Waals surface area contributed by atoms with Gasteiger partial charge in [0.25, 0.3) is 0 Å². The van der Waals surface area contributed by atoms with Gasteiger partial charge >= 0.3 is 0 Å². The number of benzene rings is 2. The molecule has 0 amide bonds. The molecule has 102 valence electrons. The van der Waals surface area contributed by atoms with Crippen LogP contribution in [0.2, 0.25) is 0 Å². The lowest BCUT2D eigenvalue weighted by Gasteiger charge is -2.13. The van der Waals surface area contributed by atoms with Gasteiger partial charge in [0.1, 0.15) is 5.82 Å². The molecule has 0 atom stereocenters. The minimum Gasteiger partial charge on any atom is -0.326 e. The van der Waals surface area contributed by atoms with Gasteiger partial charge in [0.05, 0.1) is 11.0 Å². The minimum atomic E-state index is 0.360. The molecule has 0 radical (unpaired) electrons. The topological polar surface area (TPSA) is 43.8 Å². The number of para-hydroxylation sites is 2. The molecular formula is C17H19N3. The van der Waals surface area contributed by atoms with E-state index in [0.717, 1.165) is 22.5 Å². The van der Waals surface area contributed by atoms with Gasteiger partial charge in [-0.15, -0.1) is 0 Å². The quantitative estimate of drug-likeness (QED) is 0.784. The minimum absolute atomic E-state index is 0.360. The van der Waals surface area contributed by atoms with Crippen LogP contribution in [0.3, 0.4) is 0 Å². The Morgan fingerprint density at radius 2 is 1.90 bits per heavy atom. The standard InChI is InChI=1S/C17H19N3/c1-12(2)20-16-9-4-3-8-15(16)19-17(20)14-7-5-6-13(10-14)11-18/h3-10,12H,11,18H2,1-2H3. The molecule has 3 rings (SSSR count). The first kappa shape index (κ1) is 12.9. The van der Waals surface area contributed by atoms with E-state index in [1.165, 1.54) is 5.52 Å². The number of hydrogen-bond donors (Lipinski definition) is 1. The Labute approximate surface area is 119 Å². The Morgan fingerprint density at radius 3 is 2.65 bits per heavy atom. The highest BCUT2D eigenvalue weighted by Gasteiger charge is 2.14. The largest absolute Gasteiger partial charge is 0.326 e. The van der Waals surface area contributed by atoms with Crippen molar-refractivity contribution in [3.63, 3.8) is 0 Å². The number of rotatable bonds is 3. The van der Waals surface area contributed by atoms with Gasteiger partial charge in [0.15, 0.2) is 0 Å². The van der Waals surface area contributed by atoms with Crippen molar-refractivity contribution in [3.05, 3.63) is 54.1 Å². The predicted octanol–water partition coefficient (Wildman–Crippen LogP) is 3.74. The maximum atomic E-state index is 5.74. The summed E-state index contributed by atoms with van der Waals surface area (Å²) in [5.41, 5.74) is 10.2. The van der Waals surface area contributed by atoms with E-state index in [4.69, 9.17) is 10.7 Å². The molecule has 3 heteroatoms. The highest BCUT2D eigenvalue weighted by molar-refractivity contribution is 5.80. The van der Waals surface area contributed by atoms with Crippen LogP contribution in [0.1, 0.15) is 25.5 Å². The van der Waals surface area contributed by atoms with Crippen LogP contribution in [0.4, 0.5) is 0 Å². The van der Waals surface area contributed by atoms with E-state index >= 15 is 0 Å². The van der Waals surface area contributed by atoms with Crippen molar-refractivity contribution in [2.45, 2.75) is 26.4 Å². The first-order valence-corrected chi connectivity index (χ1v) is 6.97. The molecule has 0 fully saturated rings. The lowest BCUT2D eigenvalue weighted by molar-refractivity contribution is 0.624. The molecule has 0 saturated carbocycles. The molecule has 0 unspecified atom stereocenters. The van der Waals surface area contributed by atoms with Crippen molar-refractivity contribution in [2.75, 3.05) is 0 Å². The molecule has 0 spiro atoms. The van der Waals surface area contributed by atoms with Gasteiger partial charge in [0, 0.05) is 18.2 Å². The molecule has 2 N–H and O–H groups in total. The molecule has 20 heavy (non-hydrogen) atoms. The summed E-state index contributed by atoms with van der Waals surface area (Å²) in [6.07, 6.45) is 0. The second-order valence-corrected chi connectivity index (χ2v) is 5.29. The average molecular weight is 265 g/mol. The number of nitrogens with zero attached hydrogens (tertiary/aromatic N) is 2. The van der Waals surface area contributed by atoms with Crippen molar-refractivity contribution in [1.82, 2.24) is 9.55 Å². The summed E-state index contributed by atoms with van der Waals surface area (Å²) in [6.45, 7) is 4.92. The van der Waals surface area contributed by atoms with Crippen molar-refractivity contribution in [2.24, 2.45) is 5.73 Å². The maximum absolute atomic E-state index is 5.74. The Hall–Kier alpha value is -2.13. The zero-order valence-electron chi connectivity index (χ0n) is 11.9. The zero-order valence-corrected chi connectivity index (χ0v) is 11.9. The lowest BCUT2D eigenvalue weighted by Crippen LogP contribution is -2.03. The first-order valence-electron chi connectivity index (χ1n) is 6.97. The second-order valence-electron chi connectivity index (χ2n) is 5.29. The van der Waals surface area contributed by atoms with E-state index in [9.17, 15) is 0 Å².